The van der Waals surface area contributed by atoms with E-state index in [1.165, 1.54) is 0 Å². The van der Waals surface area contributed by atoms with Gasteiger partial charge in [0.05, 0.1) is 25.0 Å². The first-order valence-corrected chi connectivity index (χ1v) is 6.87. The molecule has 5 nitrogen and oxygen atoms in total. The molecule has 0 saturated heterocycles. The van der Waals surface area contributed by atoms with Crippen LogP contribution >= 0.6 is 0 Å². The third-order valence-corrected chi connectivity index (χ3v) is 2.86. The monoisotopic (exact) mass is 282 g/mol. The van der Waals surface area contributed by atoms with E-state index in [2.05, 4.69) is 4.90 Å². The molecule has 0 amide bonds. The quantitative estimate of drug-likeness (QED) is 0.703. The minimum atomic E-state index is 0.0963. The van der Waals surface area contributed by atoms with Crippen molar-refractivity contribution in [2.24, 2.45) is 0 Å². The molecule has 114 valence electrons. The van der Waals surface area contributed by atoms with Crippen molar-refractivity contribution >= 4 is 11.4 Å². The lowest BCUT2D eigenvalue weighted by atomic mass is 10.2. The van der Waals surface area contributed by atoms with E-state index in [4.69, 9.17) is 19.9 Å². The van der Waals surface area contributed by atoms with Gasteiger partial charge in [-0.05, 0) is 26.0 Å². The second-order valence-electron chi connectivity index (χ2n) is 4.86. The highest BCUT2D eigenvalue weighted by Gasteiger charge is 2.10. The SMILES string of the molecule is COCCN(CCOC)c1ccc(N)c(OC(C)C)c1. The van der Waals surface area contributed by atoms with Gasteiger partial charge in [-0.15, -0.1) is 0 Å². The predicted molar refractivity (Wildman–Crippen MR) is 82.6 cm³/mol. The molecule has 0 aromatic heterocycles. The maximum atomic E-state index is 5.95. The summed E-state index contributed by atoms with van der Waals surface area (Å²) in [6.07, 6.45) is 0.0963. The Morgan fingerprint density at radius 3 is 2.20 bits per heavy atom. The normalized spacial score (nSPS) is 10.8. The molecule has 0 unspecified atom stereocenters. The lowest BCUT2D eigenvalue weighted by Gasteiger charge is -2.25. The van der Waals surface area contributed by atoms with E-state index in [9.17, 15) is 0 Å². The summed E-state index contributed by atoms with van der Waals surface area (Å²) in [7, 11) is 3.40. The summed E-state index contributed by atoms with van der Waals surface area (Å²) in [5.41, 5.74) is 7.66. The molecule has 0 saturated carbocycles. The van der Waals surface area contributed by atoms with Crippen molar-refractivity contribution in [1.82, 2.24) is 0 Å². The Morgan fingerprint density at radius 2 is 1.70 bits per heavy atom. The zero-order chi connectivity index (χ0) is 15.0. The number of nitrogen functional groups attached to an aromatic ring is 1. The Labute approximate surface area is 121 Å². The molecule has 5 heteroatoms. The maximum Gasteiger partial charge on any atom is 0.144 e. The van der Waals surface area contributed by atoms with Crippen LogP contribution in [0.15, 0.2) is 18.2 Å². The lowest BCUT2D eigenvalue weighted by molar-refractivity contribution is 0.190. The fourth-order valence-corrected chi connectivity index (χ4v) is 1.85. The zero-order valence-electron chi connectivity index (χ0n) is 12.9. The molecule has 0 radical (unpaired) electrons. The van der Waals surface area contributed by atoms with Crippen molar-refractivity contribution in [3.63, 3.8) is 0 Å². The van der Waals surface area contributed by atoms with Crippen molar-refractivity contribution in [2.45, 2.75) is 20.0 Å². The van der Waals surface area contributed by atoms with Crippen molar-refractivity contribution in [1.29, 1.82) is 0 Å². The Hall–Kier alpha value is -1.46. The van der Waals surface area contributed by atoms with Crippen LogP contribution in [0, 0.1) is 0 Å². The van der Waals surface area contributed by atoms with Gasteiger partial charge in [-0.3, -0.25) is 0 Å². The summed E-state index contributed by atoms with van der Waals surface area (Å²) in [6, 6.07) is 5.84. The Morgan fingerprint density at radius 1 is 1.10 bits per heavy atom. The number of rotatable bonds is 9. The number of anilines is 2. The molecule has 1 aromatic rings. The summed E-state index contributed by atoms with van der Waals surface area (Å²) < 4.78 is 16.0. The van der Waals surface area contributed by atoms with Gasteiger partial charge in [0.2, 0.25) is 0 Å². The highest BCUT2D eigenvalue weighted by atomic mass is 16.5. The van der Waals surface area contributed by atoms with E-state index in [0.717, 1.165) is 24.5 Å². The minimum Gasteiger partial charge on any atom is -0.489 e. The summed E-state index contributed by atoms with van der Waals surface area (Å²) >= 11 is 0. The number of nitrogens with zero attached hydrogens (tertiary/aromatic N) is 1. The van der Waals surface area contributed by atoms with Crippen molar-refractivity contribution in [3.8, 4) is 5.75 Å². The lowest BCUT2D eigenvalue weighted by Crippen LogP contribution is -2.30. The molecule has 1 aromatic carbocycles. The molecule has 2 N–H and O–H groups in total. The molecule has 0 aliphatic carbocycles. The summed E-state index contributed by atoms with van der Waals surface area (Å²) in [5, 5.41) is 0. The molecule has 0 bridgehead atoms. The first-order valence-electron chi connectivity index (χ1n) is 6.87. The number of ether oxygens (including phenoxy) is 3. The van der Waals surface area contributed by atoms with Gasteiger partial charge in [0.1, 0.15) is 5.75 Å². The van der Waals surface area contributed by atoms with E-state index < -0.39 is 0 Å². The smallest absolute Gasteiger partial charge is 0.144 e. The van der Waals surface area contributed by atoms with Gasteiger partial charge in [0, 0.05) is 39.1 Å². The zero-order valence-corrected chi connectivity index (χ0v) is 12.9. The maximum absolute atomic E-state index is 5.95. The molecular weight excluding hydrogens is 256 g/mol. The van der Waals surface area contributed by atoms with Crippen LogP contribution in [0.4, 0.5) is 11.4 Å². The van der Waals surface area contributed by atoms with E-state index >= 15 is 0 Å². The van der Waals surface area contributed by atoms with Gasteiger partial charge in [0.25, 0.3) is 0 Å². The number of hydrogen-bond acceptors (Lipinski definition) is 5. The first-order chi connectivity index (χ1) is 9.58. The molecule has 0 fully saturated rings. The standard InChI is InChI=1S/C15H26N2O3/c1-12(2)20-15-11-13(5-6-14(15)16)17(7-9-18-3)8-10-19-4/h5-6,11-12H,7-10,16H2,1-4H3. The third kappa shape index (κ3) is 5.27. The molecular formula is C15H26N2O3. The molecule has 0 aliphatic rings. The second kappa shape index (κ2) is 8.66. The number of methoxy groups -OCH3 is 2. The van der Waals surface area contributed by atoms with Crippen LogP contribution in [-0.4, -0.2) is 46.6 Å². The Bertz CT molecular complexity index is 389. The average Bonchev–Trinajstić information content (AvgIpc) is 2.41. The highest BCUT2D eigenvalue weighted by molar-refractivity contribution is 5.62. The largest absolute Gasteiger partial charge is 0.489 e. The van der Waals surface area contributed by atoms with E-state index in [-0.39, 0.29) is 6.10 Å². The Kier molecular flexibility index (Phi) is 7.18. The van der Waals surface area contributed by atoms with E-state index in [0.29, 0.717) is 18.9 Å². The minimum absolute atomic E-state index is 0.0963. The topological polar surface area (TPSA) is 57.0 Å². The van der Waals surface area contributed by atoms with Crippen molar-refractivity contribution in [3.05, 3.63) is 18.2 Å². The molecule has 0 heterocycles. The van der Waals surface area contributed by atoms with E-state index in [1.54, 1.807) is 14.2 Å². The van der Waals surface area contributed by atoms with Gasteiger partial charge in [-0.1, -0.05) is 0 Å². The van der Waals surface area contributed by atoms with Crippen LogP contribution in [0.2, 0.25) is 0 Å². The summed E-state index contributed by atoms with van der Waals surface area (Å²) in [4.78, 5) is 2.19. The Balaban J connectivity index is 2.88. The molecule has 0 atom stereocenters. The van der Waals surface area contributed by atoms with Gasteiger partial charge >= 0.3 is 0 Å². The second-order valence-corrected chi connectivity index (χ2v) is 4.86. The van der Waals surface area contributed by atoms with Crippen molar-refractivity contribution in [2.75, 3.05) is 51.2 Å². The fourth-order valence-electron chi connectivity index (χ4n) is 1.85. The van der Waals surface area contributed by atoms with Gasteiger partial charge in [-0.25, -0.2) is 0 Å². The third-order valence-electron chi connectivity index (χ3n) is 2.86. The average molecular weight is 282 g/mol. The van der Waals surface area contributed by atoms with Crippen LogP contribution in [0.3, 0.4) is 0 Å². The van der Waals surface area contributed by atoms with Crippen LogP contribution in [0.5, 0.6) is 5.75 Å². The molecule has 0 aliphatic heterocycles. The molecule has 0 spiro atoms. The first kappa shape index (κ1) is 16.6. The number of hydrogen-bond donors (Lipinski definition) is 1. The van der Waals surface area contributed by atoms with Crippen LogP contribution in [0.25, 0.3) is 0 Å². The van der Waals surface area contributed by atoms with Gasteiger partial charge < -0.3 is 24.8 Å². The van der Waals surface area contributed by atoms with Gasteiger partial charge in [-0.2, -0.15) is 0 Å². The molecule has 20 heavy (non-hydrogen) atoms. The number of nitrogens with two attached hydrogens (primary N) is 1. The molecule has 1 rings (SSSR count). The summed E-state index contributed by atoms with van der Waals surface area (Å²) in [6.45, 7) is 6.89. The summed E-state index contributed by atoms with van der Waals surface area (Å²) in [5.74, 6) is 0.720. The van der Waals surface area contributed by atoms with Gasteiger partial charge in [0.15, 0.2) is 0 Å². The van der Waals surface area contributed by atoms with E-state index in [1.807, 2.05) is 32.0 Å². The van der Waals surface area contributed by atoms with Crippen molar-refractivity contribution < 1.29 is 14.2 Å². The predicted octanol–water partition coefficient (Wildman–Crippen LogP) is 2.16. The van der Waals surface area contributed by atoms with Crippen LogP contribution in [0.1, 0.15) is 13.8 Å². The number of benzene rings is 1. The van der Waals surface area contributed by atoms with Crippen LogP contribution in [-0.2, 0) is 9.47 Å². The fraction of sp³-hybridized carbons (Fsp3) is 0.600. The highest BCUT2D eigenvalue weighted by Crippen LogP contribution is 2.28. The van der Waals surface area contributed by atoms with Crippen LogP contribution < -0.4 is 15.4 Å².